The number of hydrogen-bond acceptors (Lipinski definition) is 1. The summed E-state index contributed by atoms with van der Waals surface area (Å²) in [5.74, 6) is 0.0932. The Morgan fingerprint density at radius 2 is 0.833 bits per heavy atom. The van der Waals surface area contributed by atoms with Crippen LogP contribution in [0.15, 0.2) is 243 Å². The average molecular weight is 839 g/mol. The minimum Gasteiger partial charge on any atom is -0.332 e. The van der Waals surface area contributed by atoms with Gasteiger partial charge in [-0.05, 0) is 107 Å². The summed E-state index contributed by atoms with van der Waals surface area (Å²) in [4.78, 5) is 2.68. The third kappa shape index (κ3) is 5.49. The first kappa shape index (κ1) is 37.0. The normalized spacial score (nSPS) is 14.9. The Bertz CT molecular complexity index is 3980. The molecule has 0 spiro atoms. The van der Waals surface area contributed by atoms with Gasteiger partial charge in [0.1, 0.15) is 0 Å². The van der Waals surface area contributed by atoms with Crippen LogP contribution in [-0.4, -0.2) is 4.57 Å². The van der Waals surface area contributed by atoms with E-state index >= 15 is 0 Å². The van der Waals surface area contributed by atoms with Crippen molar-refractivity contribution in [2.45, 2.75) is 12.0 Å². The molecule has 308 valence electrons. The number of fused-ring (bicyclic) bond motifs is 6. The molecule has 0 aliphatic carbocycles. The Morgan fingerprint density at radius 1 is 0.333 bits per heavy atom. The van der Waals surface area contributed by atoms with Gasteiger partial charge in [0.15, 0.2) is 0 Å². The largest absolute Gasteiger partial charge is 0.332 e. The molecule has 1 aromatic heterocycles. The lowest BCUT2D eigenvalue weighted by atomic mass is 9.82. The molecular formula is C64H42N2. The zero-order valence-electron chi connectivity index (χ0n) is 36.1. The van der Waals surface area contributed by atoms with Crippen molar-refractivity contribution in [3.8, 4) is 28.1 Å². The van der Waals surface area contributed by atoms with Crippen molar-refractivity contribution < 1.29 is 0 Å². The quantitative estimate of drug-likeness (QED) is 0.151. The Hall–Kier alpha value is -8.46. The Morgan fingerprint density at radius 3 is 1.50 bits per heavy atom. The van der Waals surface area contributed by atoms with Crippen LogP contribution in [0.25, 0.3) is 92.8 Å². The third-order valence-electron chi connectivity index (χ3n) is 14.4. The van der Waals surface area contributed by atoms with E-state index in [9.17, 15) is 0 Å². The van der Waals surface area contributed by atoms with Gasteiger partial charge in [-0.2, -0.15) is 0 Å². The van der Waals surface area contributed by atoms with Gasteiger partial charge >= 0.3 is 0 Å². The summed E-state index contributed by atoms with van der Waals surface area (Å²) in [6.45, 7) is 0. The summed E-state index contributed by atoms with van der Waals surface area (Å²) in [5.41, 5.74) is 13.7. The topological polar surface area (TPSA) is 8.17 Å². The number of nitrogens with zero attached hydrogens (tertiary/aromatic N) is 2. The zero-order valence-corrected chi connectivity index (χ0v) is 36.1. The van der Waals surface area contributed by atoms with E-state index in [0.29, 0.717) is 0 Å². The highest BCUT2D eigenvalue weighted by molar-refractivity contribution is 6.32. The molecule has 14 rings (SSSR count). The zero-order chi connectivity index (χ0) is 43.3. The van der Waals surface area contributed by atoms with Gasteiger partial charge in [-0.25, -0.2) is 0 Å². The number of benzene rings is 12. The van der Waals surface area contributed by atoms with Crippen molar-refractivity contribution in [2.75, 3.05) is 4.90 Å². The van der Waals surface area contributed by atoms with Crippen LogP contribution in [0.4, 0.5) is 11.4 Å². The Labute approximate surface area is 383 Å². The second-order valence-electron chi connectivity index (χ2n) is 18.0. The molecule has 0 radical (unpaired) electrons. The lowest BCUT2D eigenvalue weighted by molar-refractivity contribution is 0.658. The van der Waals surface area contributed by atoms with Gasteiger partial charge < -0.3 is 9.47 Å². The van der Waals surface area contributed by atoms with Crippen LogP contribution in [0.5, 0.6) is 0 Å². The standard InChI is InChI=1S/C64H42N2/c1-5-19-43(20-6-1)59-55-39-49-31-36-54-58-50(32-35-53(57(49)58)63(55)65(61(59)45-23-9-3-10-24-45)51-33-29-41-17-13-15-27-47(41)37-51)40-56-60(44-21-7-2-8-22-44)62(46-25-11-4-12-26-46)66(64(54)56)52-34-30-42-18-14-16-28-48(42)38-52/h1-40,59,61H. The second-order valence-corrected chi connectivity index (χ2v) is 18.0. The van der Waals surface area contributed by atoms with Gasteiger partial charge in [0.05, 0.1) is 22.9 Å². The van der Waals surface area contributed by atoms with Crippen LogP contribution < -0.4 is 4.90 Å². The molecule has 1 aliphatic heterocycles. The molecule has 0 saturated carbocycles. The summed E-state index contributed by atoms with van der Waals surface area (Å²) in [6, 6.07) is 90.5. The van der Waals surface area contributed by atoms with Gasteiger partial charge in [0.2, 0.25) is 0 Å². The molecule has 2 nitrogen and oxygen atoms in total. The molecule has 2 unspecified atom stereocenters. The summed E-state index contributed by atoms with van der Waals surface area (Å²) in [7, 11) is 0. The Balaban J connectivity index is 1.13. The predicted molar refractivity (Wildman–Crippen MR) is 279 cm³/mol. The molecule has 0 bridgehead atoms. The van der Waals surface area contributed by atoms with E-state index in [4.69, 9.17) is 0 Å². The molecular weight excluding hydrogens is 797 g/mol. The van der Waals surface area contributed by atoms with E-state index in [1.807, 2.05) is 0 Å². The van der Waals surface area contributed by atoms with E-state index in [1.165, 1.54) is 115 Å². The highest BCUT2D eigenvalue weighted by Gasteiger charge is 2.43. The summed E-state index contributed by atoms with van der Waals surface area (Å²) >= 11 is 0. The van der Waals surface area contributed by atoms with Gasteiger partial charge in [0.25, 0.3) is 0 Å². The van der Waals surface area contributed by atoms with Crippen molar-refractivity contribution in [3.63, 3.8) is 0 Å². The SMILES string of the molecule is c1ccc(-c2c(-c3ccccc3)n(-c3ccc4ccccc4c3)c3c2cc2ccc4c5c(cc6ccc3c2c64)C(c2ccccc2)C(c2ccccc2)N5c2ccc3ccccc3c2)cc1. The molecule has 66 heavy (non-hydrogen) atoms. The number of aromatic nitrogens is 1. The fraction of sp³-hybridized carbons (Fsp3) is 0.0312. The monoisotopic (exact) mass is 838 g/mol. The lowest BCUT2D eigenvalue weighted by Gasteiger charge is -2.32. The lowest BCUT2D eigenvalue weighted by Crippen LogP contribution is -2.23. The van der Waals surface area contributed by atoms with E-state index < -0.39 is 0 Å². The van der Waals surface area contributed by atoms with Crippen molar-refractivity contribution >= 4 is 76.1 Å². The van der Waals surface area contributed by atoms with Crippen LogP contribution in [0.2, 0.25) is 0 Å². The smallest absolute Gasteiger partial charge is 0.0701 e. The fourth-order valence-electron chi connectivity index (χ4n) is 11.7. The van der Waals surface area contributed by atoms with Crippen molar-refractivity contribution in [2.24, 2.45) is 0 Å². The van der Waals surface area contributed by atoms with Gasteiger partial charge in [-0.15, -0.1) is 0 Å². The van der Waals surface area contributed by atoms with Crippen molar-refractivity contribution in [1.82, 2.24) is 4.57 Å². The maximum absolute atomic E-state index is 2.68. The molecule has 1 aliphatic rings. The molecule has 0 fully saturated rings. The molecule has 2 heterocycles. The van der Waals surface area contributed by atoms with E-state index in [1.54, 1.807) is 0 Å². The first-order valence-corrected chi connectivity index (χ1v) is 23.1. The molecule has 2 atom stereocenters. The number of rotatable bonds is 6. The minimum absolute atomic E-state index is 0.0255. The summed E-state index contributed by atoms with van der Waals surface area (Å²) < 4.78 is 2.56. The fourth-order valence-corrected chi connectivity index (χ4v) is 11.7. The van der Waals surface area contributed by atoms with Crippen LogP contribution in [0.3, 0.4) is 0 Å². The van der Waals surface area contributed by atoms with Crippen LogP contribution in [0.1, 0.15) is 28.7 Å². The predicted octanol–water partition coefficient (Wildman–Crippen LogP) is 17.2. The van der Waals surface area contributed by atoms with Crippen molar-refractivity contribution in [1.29, 1.82) is 0 Å². The van der Waals surface area contributed by atoms with Crippen LogP contribution in [0, 0.1) is 0 Å². The minimum atomic E-state index is 0.0255. The molecule has 2 heteroatoms. The highest BCUT2D eigenvalue weighted by atomic mass is 15.2. The highest BCUT2D eigenvalue weighted by Crippen LogP contribution is 2.59. The van der Waals surface area contributed by atoms with Crippen LogP contribution >= 0.6 is 0 Å². The molecule has 0 N–H and O–H groups in total. The molecule has 0 saturated heterocycles. The third-order valence-corrected chi connectivity index (χ3v) is 14.4. The van der Waals surface area contributed by atoms with E-state index in [2.05, 4.69) is 252 Å². The van der Waals surface area contributed by atoms with E-state index in [0.717, 1.165) is 5.69 Å². The number of hydrogen-bond donors (Lipinski definition) is 0. The van der Waals surface area contributed by atoms with E-state index in [-0.39, 0.29) is 12.0 Å². The number of anilines is 2. The van der Waals surface area contributed by atoms with Crippen LogP contribution in [-0.2, 0) is 0 Å². The molecule has 12 aromatic carbocycles. The first-order chi connectivity index (χ1) is 32.8. The first-order valence-electron chi connectivity index (χ1n) is 23.1. The van der Waals surface area contributed by atoms with Gasteiger partial charge in [0, 0.05) is 39.0 Å². The van der Waals surface area contributed by atoms with Gasteiger partial charge in [-0.3, -0.25) is 0 Å². The molecule has 13 aromatic rings. The van der Waals surface area contributed by atoms with Crippen molar-refractivity contribution in [3.05, 3.63) is 259 Å². The average Bonchev–Trinajstić information content (AvgIpc) is 3.92. The Kier molecular flexibility index (Phi) is 8.14. The second kappa shape index (κ2) is 14.5. The maximum atomic E-state index is 2.68. The molecule has 0 amide bonds. The summed E-state index contributed by atoms with van der Waals surface area (Å²) in [5, 5.41) is 13.8. The summed E-state index contributed by atoms with van der Waals surface area (Å²) in [6.07, 6.45) is 0. The maximum Gasteiger partial charge on any atom is 0.0701 e. The van der Waals surface area contributed by atoms with Gasteiger partial charge in [-0.1, -0.05) is 206 Å².